The molecule has 1 aliphatic heterocycles. The Morgan fingerprint density at radius 2 is 2.15 bits per heavy atom. The van der Waals surface area contributed by atoms with Crippen LogP contribution in [0.25, 0.3) is 0 Å². The van der Waals surface area contributed by atoms with Gasteiger partial charge in [0.2, 0.25) is 5.91 Å². The molecule has 1 N–H and O–H groups in total. The number of ether oxygens (including phenoxy) is 2. The summed E-state index contributed by atoms with van der Waals surface area (Å²) in [5, 5.41) is 2.90. The van der Waals surface area contributed by atoms with Gasteiger partial charge in [0.25, 0.3) is 0 Å². The third-order valence-electron chi connectivity index (χ3n) is 3.17. The van der Waals surface area contributed by atoms with Gasteiger partial charge in [0.15, 0.2) is 17.6 Å². The summed E-state index contributed by atoms with van der Waals surface area (Å²) in [7, 11) is 1.78. The van der Waals surface area contributed by atoms with Crippen LogP contribution in [0, 0.1) is 0 Å². The molecule has 0 saturated carbocycles. The Morgan fingerprint density at radius 1 is 1.40 bits per heavy atom. The zero-order chi connectivity index (χ0) is 14.4. The summed E-state index contributed by atoms with van der Waals surface area (Å²) in [6, 6.07) is 7.62. The van der Waals surface area contributed by atoms with Crippen LogP contribution in [0.3, 0.4) is 0 Å². The number of carbonyl (C=O) groups excluding carboxylic acids is 1. The highest BCUT2D eigenvalue weighted by Crippen LogP contribution is 2.30. The van der Waals surface area contributed by atoms with Crippen molar-refractivity contribution < 1.29 is 14.3 Å². The summed E-state index contributed by atoms with van der Waals surface area (Å²) in [5.41, 5.74) is 0. The third-order valence-corrected chi connectivity index (χ3v) is 3.17. The Kier molecular flexibility index (Phi) is 5.24. The molecule has 1 unspecified atom stereocenters. The van der Waals surface area contributed by atoms with E-state index in [9.17, 15) is 4.79 Å². The smallest absolute Gasteiger partial charge is 0.236 e. The maximum absolute atomic E-state index is 12.0. The molecule has 20 heavy (non-hydrogen) atoms. The average Bonchev–Trinajstić information content (AvgIpc) is 2.47. The van der Waals surface area contributed by atoms with E-state index in [2.05, 4.69) is 12.2 Å². The highest BCUT2D eigenvalue weighted by molar-refractivity contribution is 5.78. The van der Waals surface area contributed by atoms with Crippen molar-refractivity contribution in [2.45, 2.75) is 19.4 Å². The largest absolute Gasteiger partial charge is 0.486 e. The number of para-hydroxylation sites is 2. The average molecular weight is 278 g/mol. The maximum Gasteiger partial charge on any atom is 0.236 e. The quantitative estimate of drug-likeness (QED) is 0.852. The molecule has 0 bridgehead atoms. The number of carbonyl (C=O) groups is 1. The van der Waals surface area contributed by atoms with Gasteiger partial charge in [-0.1, -0.05) is 19.1 Å². The molecule has 0 radical (unpaired) electrons. The Labute approximate surface area is 119 Å². The normalized spacial score (nSPS) is 16.8. The molecule has 1 aliphatic rings. The predicted molar refractivity (Wildman–Crippen MR) is 77.2 cm³/mol. The number of amides is 1. The van der Waals surface area contributed by atoms with Crippen LogP contribution < -0.4 is 14.8 Å². The summed E-state index contributed by atoms with van der Waals surface area (Å²) in [5.74, 6) is 1.62. The second kappa shape index (κ2) is 7.14. The van der Waals surface area contributed by atoms with E-state index in [1.807, 2.05) is 29.2 Å². The van der Waals surface area contributed by atoms with E-state index in [1.165, 1.54) is 0 Å². The van der Waals surface area contributed by atoms with Crippen molar-refractivity contribution in [2.24, 2.45) is 0 Å². The summed E-state index contributed by atoms with van der Waals surface area (Å²) in [6.45, 7) is 4.19. The summed E-state index contributed by atoms with van der Waals surface area (Å²) in [4.78, 5) is 13.9. The molecule has 1 amide bonds. The molecule has 0 aromatic heterocycles. The van der Waals surface area contributed by atoms with Crippen molar-refractivity contribution in [1.29, 1.82) is 0 Å². The van der Waals surface area contributed by atoms with Gasteiger partial charge in [-0.05, 0) is 25.6 Å². The van der Waals surface area contributed by atoms with Gasteiger partial charge in [0.05, 0.1) is 13.1 Å². The van der Waals surface area contributed by atoms with Gasteiger partial charge >= 0.3 is 0 Å². The fourth-order valence-corrected chi connectivity index (χ4v) is 2.25. The fraction of sp³-hybridized carbons (Fsp3) is 0.533. The molecule has 0 spiro atoms. The maximum atomic E-state index is 12.0. The van der Waals surface area contributed by atoms with E-state index >= 15 is 0 Å². The molecule has 110 valence electrons. The zero-order valence-corrected chi connectivity index (χ0v) is 12.1. The molecule has 0 aliphatic carbocycles. The molecule has 0 saturated heterocycles. The van der Waals surface area contributed by atoms with Crippen molar-refractivity contribution in [2.75, 3.05) is 33.3 Å². The molecule has 1 aromatic carbocycles. The van der Waals surface area contributed by atoms with E-state index < -0.39 is 0 Å². The van der Waals surface area contributed by atoms with E-state index in [1.54, 1.807) is 7.05 Å². The molecule has 5 nitrogen and oxygen atoms in total. The van der Waals surface area contributed by atoms with Crippen LogP contribution in [0.2, 0.25) is 0 Å². The number of hydrogen-bond donors (Lipinski definition) is 1. The lowest BCUT2D eigenvalue weighted by atomic mass is 10.2. The third kappa shape index (κ3) is 3.63. The van der Waals surface area contributed by atoms with E-state index in [4.69, 9.17) is 9.47 Å². The molecule has 0 fully saturated rings. The van der Waals surface area contributed by atoms with Gasteiger partial charge in [0.1, 0.15) is 6.61 Å². The first-order chi connectivity index (χ1) is 9.74. The van der Waals surface area contributed by atoms with Crippen LogP contribution in [0.1, 0.15) is 13.3 Å². The highest BCUT2D eigenvalue weighted by atomic mass is 16.6. The second-order valence-electron chi connectivity index (χ2n) is 4.87. The fourth-order valence-electron chi connectivity index (χ4n) is 2.25. The Bertz CT molecular complexity index is 450. The standard InChI is InChI=1S/C15H22N2O3/c1-3-8-17(15(18)9-16-2)10-12-11-19-13-6-4-5-7-14(13)20-12/h4-7,12,16H,3,8-11H2,1-2H3. The lowest BCUT2D eigenvalue weighted by Gasteiger charge is -2.31. The lowest BCUT2D eigenvalue weighted by Crippen LogP contribution is -2.46. The van der Waals surface area contributed by atoms with Crippen LogP contribution in [0.4, 0.5) is 0 Å². The van der Waals surface area contributed by atoms with E-state index in [-0.39, 0.29) is 12.0 Å². The minimum atomic E-state index is -0.114. The van der Waals surface area contributed by atoms with Gasteiger partial charge in [0, 0.05) is 6.54 Å². The first-order valence-corrected chi connectivity index (χ1v) is 7.05. The molecular weight excluding hydrogens is 256 g/mol. The van der Waals surface area contributed by atoms with Crippen molar-refractivity contribution in [3.8, 4) is 11.5 Å². The minimum Gasteiger partial charge on any atom is -0.486 e. The summed E-state index contributed by atoms with van der Waals surface area (Å²) < 4.78 is 11.6. The monoisotopic (exact) mass is 278 g/mol. The van der Waals surface area contributed by atoms with Crippen LogP contribution >= 0.6 is 0 Å². The van der Waals surface area contributed by atoms with Crippen LogP contribution in [-0.4, -0.2) is 50.2 Å². The first-order valence-electron chi connectivity index (χ1n) is 7.05. The first kappa shape index (κ1) is 14.7. The van der Waals surface area contributed by atoms with Crippen molar-refractivity contribution in [3.05, 3.63) is 24.3 Å². The zero-order valence-electron chi connectivity index (χ0n) is 12.1. The molecular formula is C15H22N2O3. The van der Waals surface area contributed by atoms with Crippen LogP contribution in [-0.2, 0) is 4.79 Å². The Morgan fingerprint density at radius 3 is 2.85 bits per heavy atom. The van der Waals surface area contributed by atoms with E-state index in [0.717, 1.165) is 24.5 Å². The molecule has 2 rings (SSSR count). The number of rotatable bonds is 6. The SMILES string of the molecule is CCCN(CC1COc2ccccc2O1)C(=O)CNC. The Hall–Kier alpha value is -1.75. The van der Waals surface area contributed by atoms with Gasteiger partial charge in [-0.2, -0.15) is 0 Å². The Balaban J connectivity index is 1.96. The molecule has 5 heteroatoms. The number of nitrogens with one attached hydrogen (secondary N) is 1. The number of fused-ring (bicyclic) bond motifs is 1. The van der Waals surface area contributed by atoms with Crippen molar-refractivity contribution >= 4 is 5.91 Å². The van der Waals surface area contributed by atoms with Crippen LogP contribution in [0.5, 0.6) is 11.5 Å². The van der Waals surface area contributed by atoms with Gasteiger partial charge in [-0.3, -0.25) is 4.79 Å². The highest BCUT2D eigenvalue weighted by Gasteiger charge is 2.24. The van der Waals surface area contributed by atoms with Gasteiger partial charge in [-0.25, -0.2) is 0 Å². The number of benzene rings is 1. The molecule has 1 atom stereocenters. The van der Waals surface area contributed by atoms with E-state index in [0.29, 0.717) is 19.7 Å². The molecule has 1 aromatic rings. The topological polar surface area (TPSA) is 50.8 Å². The predicted octanol–water partition coefficient (Wildman–Crippen LogP) is 1.28. The van der Waals surface area contributed by atoms with Crippen molar-refractivity contribution in [3.63, 3.8) is 0 Å². The van der Waals surface area contributed by atoms with Gasteiger partial charge in [-0.15, -0.1) is 0 Å². The van der Waals surface area contributed by atoms with Crippen LogP contribution in [0.15, 0.2) is 24.3 Å². The van der Waals surface area contributed by atoms with Gasteiger partial charge < -0.3 is 19.7 Å². The van der Waals surface area contributed by atoms with Crippen molar-refractivity contribution in [1.82, 2.24) is 10.2 Å². The minimum absolute atomic E-state index is 0.0943. The summed E-state index contributed by atoms with van der Waals surface area (Å²) in [6.07, 6.45) is 0.817. The number of nitrogens with zero attached hydrogens (tertiary/aromatic N) is 1. The summed E-state index contributed by atoms with van der Waals surface area (Å²) >= 11 is 0. The second-order valence-corrected chi connectivity index (χ2v) is 4.87. The molecule has 1 heterocycles. The number of hydrogen-bond acceptors (Lipinski definition) is 4. The number of likely N-dealkylation sites (N-methyl/N-ethyl adjacent to an activating group) is 1. The lowest BCUT2D eigenvalue weighted by molar-refractivity contribution is -0.131.